The number of carbonyl (C=O) groups is 2. The van der Waals surface area contributed by atoms with Crippen LogP contribution in [-0.4, -0.2) is 41.2 Å². The van der Waals surface area contributed by atoms with Crippen LogP contribution in [0.2, 0.25) is 0 Å². The van der Waals surface area contributed by atoms with Gasteiger partial charge in [0.25, 0.3) is 0 Å². The van der Waals surface area contributed by atoms with Crippen LogP contribution in [0, 0.1) is 5.82 Å². The highest BCUT2D eigenvalue weighted by molar-refractivity contribution is 7.10. The van der Waals surface area contributed by atoms with Gasteiger partial charge in [-0.05, 0) is 47.5 Å². The summed E-state index contributed by atoms with van der Waals surface area (Å²) < 4.78 is 13.4. The Morgan fingerprint density at radius 3 is 2.63 bits per heavy atom. The Hall–Kier alpha value is -2.21. The second-order valence-corrected chi connectivity index (χ2v) is 7.76. The van der Waals surface area contributed by atoms with Crippen LogP contribution in [-0.2, 0) is 16.0 Å². The van der Waals surface area contributed by atoms with Crippen molar-refractivity contribution in [3.63, 3.8) is 0 Å². The van der Waals surface area contributed by atoms with Gasteiger partial charge in [-0.25, -0.2) is 4.39 Å². The molecular weight excluding hydrogens is 363 g/mol. The van der Waals surface area contributed by atoms with Crippen molar-refractivity contribution in [2.24, 2.45) is 0 Å². The minimum absolute atomic E-state index is 0.00300. The van der Waals surface area contributed by atoms with Gasteiger partial charge < -0.3 is 9.80 Å². The largest absolute Gasteiger partial charge is 0.333 e. The molecule has 1 aromatic heterocycles. The molecule has 27 heavy (non-hydrogen) atoms. The molecule has 0 fully saturated rings. The van der Waals surface area contributed by atoms with Crippen LogP contribution in [0.4, 0.5) is 4.39 Å². The summed E-state index contributed by atoms with van der Waals surface area (Å²) in [4.78, 5) is 30.1. The maximum atomic E-state index is 13.4. The van der Waals surface area contributed by atoms with Gasteiger partial charge in [-0.3, -0.25) is 9.59 Å². The number of thiophene rings is 1. The van der Waals surface area contributed by atoms with E-state index in [1.807, 2.05) is 24.1 Å². The lowest BCUT2D eigenvalue weighted by Gasteiger charge is -2.37. The quantitative estimate of drug-likeness (QED) is 0.750. The molecule has 1 aromatic carbocycles. The monoisotopic (exact) mass is 388 g/mol. The number of halogens is 1. The van der Waals surface area contributed by atoms with E-state index in [-0.39, 0.29) is 30.2 Å². The summed E-state index contributed by atoms with van der Waals surface area (Å²) in [6.45, 7) is 5.10. The maximum absolute atomic E-state index is 13.4. The van der Waals surface area contributed by atoms with Crippen molar-refractivity contribution in [3.05, 3.63) is 57.5 Å². The van der Waals surface area contributed by atoms with Crippen molar-refractivity contribution in [2.45, 2.75) is 39.2 Å². The minimum atomic E-state index is -0.291. The highest BCUT2D eigenvalue weighted by Crippen LogP contribution is 2.37. The topological polar surface area (TPSA) is 40.6 Å². The molecule has 1 aliphatic rings. The summed E-state index contributed by atoms with van der Waals surface area (Å²) in [6, 6.07) is 8.18. The van der Waals surface area contributed by atoms with Crippen molar-refractivity contribution in [1.29, 1.82) is 0 Å². The molecule has 0 bridgehead atoms. The van der Waals surface area contributed by atoms with Gasteiger partial charge in [0, 0.05) is 24.4 Å². The zero-order chi connectivity index (χ0) is 19.4. The molecule has 1 atom stereocenters. The smallest absolute Gasteiger partial charge is 0.242 e. The van der Waals surface area contributed by atoms with Crippen LogP contribution < -0.4 is 0 Å². The second-order valence-electron chi connectivity index (χ2n) is 6.76. The molecule has 3 rings (SSSR count). The summed E-state index contributed by atoms with van der Waals surface area (Å²) in [5.41, 5.74) is 2.00. The number of hydrogen-bond acceptors (Lipinski definition) is 3. The molecule has 6 heteroatoms. The van der Waals surface area contributed by atoms with Gasteiger partial charge in [0.2, 0.25) is 11.8 Å². The first-order chi connectivity index (χ1) is 13.0. The Morgan fingerprint density at radius 1 is 1.22 bits per heavy atom. The molecule has 0 aliphatic carbocycles. The first-order valence-corrected chi connectivity index (χ1v) is 10.3. The summed E-state index contributed by atoms with van der Waals surface area (Å²) in [5, 5.41) is 2.04. The normalized spacial score (nSPS) is 16.1. The van der Waals surface area contributed by atoms with E-state index in [4.69, 9.17) is 0 Å². The highest BCUT2D eigenvalue weighted by Gasteiger charge is 2.33. The van der Waals surface area contributed by atoms with Gasteiger partial charge in [-0.2, -0.15) is 0 Å². The van der Waals surface area contributed by atoms with Crippen molar-refractivity contribution < 1.29 is 14.0 Å². The number of fused-ring (bicyclic) bond motifs is 1. The first-order valence-electron chi connectivity index (χ1n) is 9.44. The third-order valence-corrected chi connectivity index (χ3v) is 5.94. The van der Waals surface area contributed by atoms with Gasteiger partial charge in [0.1, 0.15) is 5.82 Å². The highest BCUT2D eigenvalue weighted by atomic mass is 32.1. The van der Waals surface area contributed by atoms with Gasteiger partial charge in [0.05, 0.1) is 12.6 Å². The fourth-order valence-electron chi connectivity index (χ4n) is 3.63. The predicted octanol–water partition coefficient (Wildman–Crippen LogP) is 4.01. The van der Waals surface area contributed by atoms with E-state index in [1.54, 1.807) is 28.4 Å². The molecule has 0 radical (unpaired) electrons. The molecular formula is C21H25FN2O2S. The van der Waals surface area contributed by atoms with Crippen LogP contribution in [0.1, 0.15) is 48.7 Å². The average molecular weight is 389 g/mol. The van der Waals surface area contributed by atoms with E-state index in [2.05, 4.69) is 6.07 Å². The predicted molar refractivity (Wildman–Crippen MR) is 105 cm³/mol. The van der Waals surface area contributed by atoms with E-state index in [1.165, 1.54) is 17.0 Å². The Balaban J connectivity index is 1.89. The first kappa shape index (κ1) is 19.5. The maximum Gasteiger partial charge on any atom is 0.242 e. The lowest BCUT2D eigenvalue weighted by atomic mass is 9.93. The number of amides is 2. The molecule has 2 amide bonds. The van der Waals surface area contributed by atoms with E-state index in [0.717, 1.165) is 24.0 Å². The van der Waals surface area contributed by atoms with Crippen LogP contribution in [0.5, 0.6) is 0 Å². The number of benzene rings is 1. The Morgan fingerprint density at radius 2 is 1.96 bits per heavy atom. The Kier molecular flexibility index (Phi) is 6.26. The number of rotatable bonds is 6. The van der Waals surface area contributed by atoms with Crippen molar-refractivity contribution in [3.8, 4) is 0 Å². The van der Waals surface area contributed by atoms with Crippen LogP contribution >= 0.6 is 11.3 Å². The molecule has 2 aromatic rings. The lowest BCUT2D eigenvalue weighted by Crippen LogP contribution is -2.46. The average Bonchev–Trinajstić information content (AvgIpc) is 3.15. The summed E-state index contributed by atoms with van der Waals surface area (Å²) in [6.07, 6.45) is 2.02. The van der Waals surface area contributed by atoms with Crippen LogP contribution in [0.25, 0.3) is 0 Å². The van der Waals surface area contributed by atoms with Gasteiger partial charge in [-0.15, -0.1) is 11.3 Å². The van der Waals surface area contributed by atoms with Crippen molar-refractivity contribution >= 4 is 23.2 Å². The van der Waals surface area contributed by atoms with E-state index in [9.17, 15) is 14.0 Å². The van der Waals surface area contributed by atoms with Gasteiger partial charge in [-0.1, -0.05) is 26.0 Å². The Labute approximate surface area is 163 Å². The molecule has 0 N–H and O–H groups in total. The zero-order valence-electron chi connectivity index (χ0n) is 15.8. The summed E-state index contributed by atoms with van der Waals surface area (Å²) in [7, 11) is 0. The second kappa shape index (κ2) is 8.65. The van der Waals surface area contributed by atoms with Crippen LogP contribution in [0.3, 0.4) is 0 Å². The van der Waals surface area contributed by atoms with Crippen molar-refractivity contribution in [1.82, 2.24) is 9.80 Å². The van der Waals surface area contributed by atoms with Crippen molar-refractivity contribution in [2.75, 3.05) is 19.6 Å². The molecule has 0 saturated heterocycles. The third kappa shape index (κ3) is 4.21. The van der Waals surface area contributed by atoms with E-state index in [0.29, 0.717) is 19.5 Å². The Bertz CT molecular complexity index is 803. The molecule has 2 heterocycles. The lowest BCUT2D eigenvalue weighted by molar-refractivity contribution is -0.141. The third-order valence-electron chi connectivity index (χ3n) is 4.95. The molecule has 4 nitrogen and oxygen atoms in total. The zero-order valence-corrected chi connectivity index (χ0v) is 16.6. The standard InChI is InChI=1S/C21H25FN2O2S/c1-3-11-23(19(25)4-2)14-20(26)24-12-9-18-17(10-13-27-18)21(24)15-5-7-16(22)8-6-15/h5-8,10,13,21H,3-4,9,11-12,14H2,1-2H3/t21-/m1/s1. The van der Waals surface area contributed by atoms with E-state index >= 15 is 0 Å². The number of nitrogens with zero attached hydrogens (tertiary/aromatic N) is 2. The molecule has 0 unspecified atom stereocenters. The SMILES string of the molecule is CCCN(CC(=O)N1CCc2sccc2[C@H]1c1ccc(F)cc1)C(=O)CC. The molecule has 1 aliphatic heterocycles. The molecule has 144 valence electrons. The number of hydrogen-bond donors (Lipinski definition) is 0. The summed E-state index contributed by atoms with van der Waals surface area (Å²) in [5.74, 6) is -0.353. The summed E-state index contributed by atoms with van der Waals surface area (Å²) >= 11 is 1.69. The number of carbonyl (C=O) groups excluding carboxylic acids is 2. The fourth-order valence-corrected chi connectivity index (χ4v) is 4.53. The van der Waals surface area contributed by atoms with Gasteiger partial charge in [0.15, 0.2) is 0 Å². The van der Waals surface area contributed by atoms with Gasteiger partial charge >= 0.3 is 0 Å². The van der Waals surface area contributed by atoms with E-state index < -0.39 is 0 Å². The van der Waals surface area contributed by atoms with Crippen LogP contribution in [0.15, 0.2) is 35.7 Å². The molecule has 0 spiro atoms. The minimum Gasteiger partial charge on any atom is -0.333 e. The fraction of sp³-hybridized carbons (Fsp3) is 0.429. The molecule has 0 saturated carbocycles.